The van der Waals surface area contributed by atoms with Gasteiger partial charge in [0, 0.05) is 24.1 Å². The van der Waals surface area contributed by atoms with Crippen molar-refractivity contribution in [3.63, 3.8) is 0 Å². The number of rotatable bonds is 5. The standard InChI is InChI=1S/C28H36N4O7/c1-31(2)22-17-11-14-10-16-13(12-30-15-6-8-32(3)9-7-15)4-5-18(33)20(16)23(34)19(14)25(36)28(17,39)26(37)21(24(22)35)27(29)38/h4-5,14-15,17,22,30,33,35-36,39H,6-12H2,1-3H3,(H2,29,38)/t14-,17-,22-,28+/m1/s1. The Morgan fingerprint density at radius 1 is 1.18 bits per heavy atom. The van der Waals surface area contributed by atoms with Gasteiger partial charge in [0.1, 0.15) is 22.8 Å². The average molecular weight is 541 g/mol. The Bertz CT molecular complexity index is 1310. The number of hydrogen-bond acceptors (Lipinski definition) is 10. The van der Waals surface area contributed by atoms with E-state index in [2.05, 4.69) is 17.3 Å². The lowest BCUT2D eigenvalue weighted by Gasteiger charge is -2.50. The number of aromatic hydroxyl groups is 1. The van der Waals surface area contributed by atoms with E-state index in [1.807, 2.05) is 0 Å². The van der Waals surface area contributed by atoms with Gasteiger partial charge in [-0.25, -0.2) is 0 Å². The third-order valence-electron chi connectivity index (χ3n) is 9.00. The number of allylic oxidation sites excluding steroid dienone is 1. The van der Waals surface area contributed by atoms with Crippen LogP contribution in [0.4, 0.5) is 0 Å². The number of nitrogens with two attached hydrogens (primary N) is 1. The Morgan fingerprint density at radius 3 is 2.46 bits per heavy atom. The second kappa shape index (κ2) is 9.74. The number of phenolic OH excluding ortho intramolecular Hbond substituents is 1. The molecule has 1 aromatic rings. The van der Waals surface area contributed by atoms with Crippen molar-refractivity contribution in [3.8, 4) is 5.75 Å². The lowest BCUT2D eigenvalue weighted by Crippen LogP contribution is -2.63. The number of primary amides is 1. The van der Waals surface area contributed by atoms with E-state index in [-0.39, 0.29) is 29.7 Å². The van der Waals surface area contributed by atoms with Crippen LogP contribution in [0.1, 0.15) is 40.7 Å². The summed E-state index contributed by atoms with van der Waals surface area (Å²) in [4.78, 5) is 43.1. The average Bonchev–Trinajstić information content (AvgIpc) is 2.86. The number of carbonyl (C=O) groups is 3. The maximum Gasteiger partial charge on any atom is 0.255 e. The van der Waals surface area contributed by atoms with Crippen molar-refractivity contribution in [2.45, 2.75) is 49.9 Å². The van der Waals surface area contributed by atoms with Crippen LogP contribution in [0, 0.1) is 11.8 Å². The Labute approximate surface area is 226 Å². The van der Waals surface area contributed by atoms with E-state index in [1.165, 1.54) is 6.07 Å². The Morgan fingerprint density at radius 2 is 1.85 bits per heavy atom. The maximum atomic E-state index is 13.8. The van der Waals surface area contributed by atoms with E-state index in [9.17, 15) is 34.8 Å². The number of benzene rings is 1. The summed E-state index contributed by atoms with van der Waals surface area (Å²) in [6.07, 6.45) is 2.36. The second-order valence-corrected chi connectivity index (χ2v) is 11.5. The van der Waals surface area contributed by atoms with Crippen molar-refractivity contribution in [3.05, 3.63) is 51.5 Å². The zero-order chi connectivity index (χ0) is 28.4. The van der Waals surface area contributed by atoms with Crippen LogP contribution in [-0.2, 0) is 22.6 Å². The molecule has 0 unspecified atom stereocenters. The molecule has 11 nitrogen and oxygen atoms in total. The van der Waals surface area contributed by atoms with E-state index in [0.717, 1.165) is 31.5 Å². The molecule has 210 valence electrons. The van der Waals surface area contributed by atoms with Crippen LogP contribution in [0.25, 0.3) is 0 Å². The minimum Gasteiger partial charge on any atom is -0.510 e. The number of carbonyl (C=O) groups excluding carboxylic acids is 3. The van der Waals surface area contributed by atoms with Gasteiger partial charge in [-0.3, -0.25) is 19.3 Å². The molecule has 5 rings (SSSR count). The highest BCUT2D eigenvalue weighted by molar-refractivity contribution is 6.24. The number of phenols is 1. The first-order valence-electron chi connectivity index (χ1n) is 13.3. The minimum atomic E-state index is -2.63. The number of likely N-dealkylation sites (N-methyl/N-ethyl adjacent to an activating group) is 1. The van der Waals surface area contributed by atoms with Gasteiger partial charge in [-0.2, -0.15) is 0 Å². The maximum absolute atomic E-state index is 13.8. The molecule has 1 heterocycles. The Kier molecular flexibility index (Phi) is 6.82. The largest absolute Gasteiger partial charge is 0.510 e. The molecule has 0 saturated carbocycles. The van der Waals surface area contributed by atoms with Crippen molar-refractivity contribution in [2.24, 2.45) is 17.6 Å². The van der Waals surface area contributed by atoms with Crippen LogP contribution in [0.15, 0.2) is 34.8 Å². The molecule has 0 radical (unpaired) electrons. The predicted octanol–water partition coefficient (Wildman–Crippen LogP) is 0.304. The second-order valence-electron chi connectivity index (χ2n) is 11.5. The molecule has 11 heteroatoms. The summed E-state index contributed by atoms with van der Waals surface area (Å²) in [7, 11) is 5.31. The molecular formula is C28H36N4O7. The summed E-state index contributed by atoms with van der Waals surface area (Å²) in [5.41, 5.74) is 3.34. The first-order chi connectivity index (χ1) is 18.4. The zero-order valence-electron chi connectivity index (χ0n) is 22.4. The lowest BCUT2D eigenvalue weighted by atomic mass is 9.58. The third kappa shape index (κ3) is 4.15. The minimum absolute atomic E-state index is 0.0402. The number of fused-ring (bicyclic) bond motifs is 3. The van der Waals surface area contributed by atoms with Gasteiger partial charge in [-0.15, -0.1) is 0 Å². The number of aliphatic hydroxyl groups is 3. The molecule has 4 aliphatic rings. The van der Waals surface area contributed by atoms with Gasteiger partial charge in [0.2, 0.25) is 5.78 Å². The Balaban J connectivity index is 1.56. The van der Waals surface area contributed by atoms with Crippen LogP contribution >= 0.6 is 0 Å². The molecule has 1 fully saturated rings. The molecule has 7 N–H and O–H groups in total. The molecule has 1 aliphatic heterocycles. The van der Waals surface area contributed by atoms with E-state index in [4.69, 9.17) is 5.73 Å². The lowest BCUT2D eigenvalue weighted by molar-refractivity contribution is -0.148. The molecule has 1 aromatic carbocycles. The van der Waals surface area contributed by atoms with Crippen LogP contribution in [0.2, 0.25) is 0 Å². The number of nitrogens with zero attached hydrogens (tertiary/aromatic N) is 2. The van der Waals surface area contributed by atoms with E-state index >= 15 is 0 Å². The quantitative estimate of drug-likeness (QED) is 0.285. The SMILES string of the molecule is CN1CCC(NCc2ccc(O)c3c2C[C@@H]2C[C@@H]4[C@@H](N(C)C)C(O)=C(C(N)=O)C(=O)[C@@]4(O)C(O)=C2C3=O)CC1. The monoisotopic (exact) mass is 540 g/mol. The zero-order valence-corrected chi connectivity index (χ0v) is 22.4. The topological polar surface area (TPSA) is 177 Å². The normalized spacial score (nSPS) is 29.9. The molecule has 39 heavy (non-hydrogen) atoms. The molecule has 3 aliphatic carbocycles. The molecule has 0 bridgehead atoms. The number of hydrogen-bond donors (Lipinski definition) is 6. The van der Waals surface area contributed by atoms with Gasteiger partial charge in [-0.1, -0.05) is 6.07 Å². The summed E-state index contributed by atoms with van der Waals surface area (Å²) in [6.45, 7) is 2.49. The van der Waals surface area contributed by atoms with Gasteiger partial charge < -0.3 is 36.4 Å². The number of nitrogens with one attached hydrogen (secondary N) is 1. The van der Waals surface area contributed by atoms with E-state index in [0.29, 0.717) is 18.2 Å². The highest BCUT2D eigenvalue weighted by Gasteiger charge is 2.63. The van der Waals surface area contributed by atoms with Crippen molar-refractivity contribution in [1.82, 2.24) is 15.1 Å². The summed E-state index contributed by atoms with van der Waals surface area (Å²) in [5.74, 6) is -6.45. The van der Waals surface area contributed by atoms with Crippen LogP contribution < -0.4 is 11.1 Å². The smallest absolute Gasteiger partial charge is 0.255 e. The van der Waals surface area contributed by atoms with Crippen molar-refractivity contribution < 1.29 is 34.8 Å². The summed E-state index contributed by atoms with van der Waals surface area (Å²) in [6, 6.07) is 2.56. The number of Topliss-reactive ketones (excluding diaryl/α,β-unsaturated/α-hetero) is 2. The fourth-order valence-electron chi connectivity index (χ4n) is 6.95. The fraction of sp³-hybridized carbons (Fsp3) is 0.536. The molecule has 1 saturated heterocycles. The van der Waals surface area contributed by atoms with Gasteiger partial charge >= 0.3 is 0 Å². The van der Waals surface area contributed by atoms with Crippen molar-refractivity contribution >= 4 is 17.5 Å². The summed E-state index contributed by atoms with van der Waals surface area (Å²) < 4.78 is 0. The summed E-state index contributed by atoms with van der Waals surface area (Å²) in [5, 5.41) is 48.2. The van der Waals surface area contributed by atoms with Crippen LogP contribution in [0.3, 0.4) is 0 Å². The number of ketones is 2. The van der Waals surface area contributed by atoms with E-state index < -0.39 is 58.0 Å². The number of amides is 1. The fourth-order valence-corrected chi connectivity index (χ4v) is 6.95. The number of aliphatic hydroxyl groups excluding tert-OH is 2. The van der Waals surface area contributed by atoms with Gasteiger partial charge in [0.25, 0.3) is 5.91 Å². The van der Waals surface area contributed by atoms with Crippen molar-refractivity contribution in [1.29, 1.82) is 0 Å². The van der Waals surface area contributed by atoms with Gasteiger partial charge in [0.15, 0.2) is 11.4 Å². The third-order valence-corrected chi connectivity index (χ3v) is 9.00. The first-order valence-corrected chi connectivity index (χ1v) is 13.3. The Hall–Kier alpha value is -3.25. The van der Waals surface area contributed by atoms with Crippen molar-refractivity contribution in [2.75, 3.05) is 34.2 Å². The highest BCUT2D eigenvalue weighted by Crippen LogP contribution is 2.52. The molecule has 0 aromatic heterocycles. The molecule has 4 atom stereocenters. The molecule has 1 amide bonds. The number of likely N-dealkylation sites (tertiary alicyclic amines) is 1. The molecule has 0 spiro atoms. The number of piperidine rings is 1. The molecular weight excluding hydrogens is 504 g/mol. The summed E-state index contributed by atoms with van der Waals surface area (Å²) >= 11 is 0. The van der Waals surface area contributed by atoms with Gasteiger partial charge in [-0.05, 0) is 83.0 Å². The van der Waals surface area contributed by atoms with Crippen LogP contribution in [-0.4, -0.2) is 99.6 Å². The van der Waals surface area contributed by atoms with Gasteiger partial charge in [0.05, 0.1) is 11.6 Å². The van der Waals surface area contributed by atoms with E-state index in [1.54, 1.807) is 25.1 Å². The highest BCUT2D eigenvalue weighted by atomic mass is 16.3. The van der Waals surface area contributed by atoms with Crippen LogP contribution in [0.5, 0.6) is 5.75 Å². The predicted molar refractivity (Wildman–Crippen MR) is 141 cm³/mol. The first kappa shape index (κ1) is 27.3.